The van der Waals surface area contributed by atoms with E-state index in [-0.39, 0.29) is 23.5 Å². The highest BCUT2D eigenvalue weighted by Gasteiger charge is 2.27. The summed E-state index contributed by atoms with van der Waals surface area (Å²) in [5, 5.41) is 6.19. The number of Topliss-reactive ketones (excluding diaryl/α,β-unsaturated/α-hetero) is 1. The van der Waals surface area contributed by atoms with Gasteiger partial charge in [0.15, 0.2) is 0 Å². The maximum Gasteiger partial charge on any atom is 0.223 e. The van der Waals surface area contributed by atoms with Gasteiger partial charge in [0.25, 0.3) is 0 Å². The summed E-state index contributed by atoms with van der Waals surface area (Å²) in [7, 11) is 1.97. The van der Waals surface area contributed by atoms with Crippen LogP contribution in [0.4, 0.5) is 0 Å². The highest BCUT2D eigenvalue weighted by molar-refractivity contribution is 5.80. The fraction of sp³-hybridized carbons (Fsp3) is 0.875. The summed E-state index contributed by atoms with van der Waals surface area (Å²) >= 11 is 0. The van der Waals surface area contributed by atoms with Crippen molar-refractivity contribution in [3.8, 4) is 0 Å². The van der Waals surface area contributed by atoms with E-state index in [0.717, 1.165) is 45.2 Å². The number of unbranched alkanes of at least 4 members (excludes halogenated alkanes) is 3. The van der Waals surface area contributed by atoms with Gasteiger partial charge in [0.1, 0.15) is 5.78 Å². The van der Waals surface area contributed by atoms with Gasteiger partial charge in [-0.2, -0.15) is 0 Å². The summed E-state index contributed by atoms with van der Waals surface area (Å²) in [6.07, 6.45) is 8.20. The Kier molecular flexibility index (Phi) is 8.51. The van der Waals surface area contributed by atoms with Crippen LogP contribution in [0.2, 0.25) is 0 Å². The number of nitrogens with one attached hydrogen (secondary N) is 2. The average Bonchev–Trinajstić information content (AvgIpc) is 2.46. The molecule has 1 rings (SSSR count). The van der Waals surface area contributed by atoms with Crippen molar-refractivity contribution in [2.45, 2.75) is 58.3 Å². The molecule has 0 spiro atoms. The van der Waals surface area contributed by atoms with Crippen LogP contribution in [0, 0.1) is 11.8 Å². The fourth-order valence-electron chi connectivity index (χ4n) is 2.90. The largest absolute Gasteiger partial charge is 0.356 e. The fourth-order valence-corrected chi connectivity index (χ4v) is 2.90. The van der Waals surface area contributed by atoms with E-state index in [2.05, 4.69) is 10.6 Å². The predicted octanol–water partition coefficient (Wildman–Crippen LogP) is 2.28. The standard InChI is InChI=1S/C16H30N2O2/c1-13(19)14-7-9-15(10-8-14)16(20)18-12-6-4-3-5-11-17-2/h14-15,17H,3-12H2,1-2H3,(H,18,20). The summed E-state index contributed by atoms with van der Waals surface area (Å²) in [6, 6.07) is 0. The zero-order valence-electron chi connectivity index (χ0n) is 13.0. The molecular weight excluding hydrogens is 252 g/mol. The lowest BCUT2D eigenvalue weighted by atomic mass is 9.80. The van der Waals surface area contributed by atoms with Crippen LogP contribution in [-0.2, 0) is 9.59 Å². The Hall–Kier alpha value is -0.900. The van der Waals surface area contributed by atoms with E-state index in [9.17, 15) is 9.59 Å². The second-order valence-corrected chi connectivity index (χ2v) is 5.97. The average molecular weight is 282 g/mol. The molecule has 0 saturated heterocycles. The zero-order chi connectivity index (χ0) is 14.8. The Balaban J connectivity index is 2.04. The molecule has 0 aliphatic heterocycles. The highest BCUT2D eigenvalue weighted by atomic mass is 16.2. The maximum atomic E-state index is 12.0. The van der Waals surface area contributed by atoms with Crippen LogP contribution < -0.4 is 10.6 Å². The molecule has 0 aromatic carbocycles. The minimum absolute atomic E-state index is 0.134. The van der Waals surface area contributed by atoms with Gasteiger partial charge in [-0.3, -0.25) is 9.59 Å². The molecule has 1 fully saturated rings. The van der Waals surface area contributed by atoms with Crippen molar-refractivity contribution in [2.24, 2.45) is 11.8 Å². The third kappa shape index (κ3) is 6.51. The summed E-state index contributed by atoms with van der Waals surface area (Å²) in [4.78, 5) is 23.3. The molecular formula is C16H30N2O2. The maximum absolute atomic E-state index is 12.0. The summed E-state index contributed by atoms with van der Waals surface area (Å²) < 4.78 is 0. The molecule has 0 unspecified atom stereocenters. The lowest BCUT2D eigenvalue weighted by Gasteiger charge is -2.26. The first-order valence-electron chi connectivity index (χ1n) is 8.08. The number of carbonyl (C=O) groups is 2. The summed E-state index contributed by atoms with van der Waals surface area (Å²) in [6.45, 7) is 3.54. The van der Waals surface area contributed by atoms with Gasteiger partial charge in [-0.25, -0.2) is 0 Å². The Labute approximate surface area is 123 Å². The van der Waals surface area contributed by atoms with Crippen molar-refractivity contribution in [3.63, 3.8) is 0 Å². The molecule has 0 radical (unpaired) electrons. The van der Waals surface area contributed by atoms with Gasteiger partial charge < -0.3 is 10.6 Å². The third-order valence-electron chi connectivity index (χ3n) is 4.33. The van der Waals surface area contributed by atoms with Gasteiger partial charge >= 0.3 is 0 Å². The van der Waals surface area contributed by atoms with E-state index in [0.29, 0.717) is 0 Å². The second-order valence-electron chi connectivity index (χ2n) is 5.97. The number of amides is 1. The smallest absolute Gasteiger partial charge is 0.223 e. The van der Waals surface area contributed by atoms with E-state index in [1.54, 1.807) is 6.92 Å². The molecule has 2 N–H and O–H groups in total. The number of carbonyl (C=O) groups excluding carboxylic acids is 2. The topological polar surface area (TPSA) is 58.2 Å². The summed E-state index contributed by atoms with van der Waals surface area (Å²) in [5.74, 6) is 0.814. The quantitative estimate of drug-likeness (QED) is 0.638. The van der Waals surface area contributed by atoms with Crippen LogP contribution in [0.5, 0.6) is 0 Å². The van der Waals surface area contributed by atoms with E-state index >= 15 is 0 Å². The van der Waals surface area contributed by atoms with Crippen LogP contribution in [0.15, 0.2) is 0 Å². The lowest BCUT2D eigenvalue weighted by Crippen LogP contribution is -2.34. The van der Waals surface area contributed by atoms with Crippen molar-refractivity contribution in [3.05, 3.63) is 0 Å². The molecule has 0 heterocycles. The minimum atomic E-state index is 0.134. The van der Waals surface area contributed by atoms with Gasteiger partial charge in [-0.05, 0) is 59.0 Å². The SMILES string of the molecule is CNCCCCCCNC(=O)C1CCC(C(C)=O)CC1. The van der Waals surface area contributed by atoms with Crippen molar-refractivity contribution < 1.29 is 9.59 Å². The molecule has 1 saturated carbocycles. The Morgan fingerprint density at radius 3 is 2.00 bits per heavy atom. The minimum Gasteiger partial charge on any atom is -0.356 e. The Bertz CT molecular complexity index is 297. The van der Waals surface area contributed by atoms with Gasteiger partial charge in [0.2, 0.25) is 5.91 Å². The molecule has 1 amide bonds. The van der Waals surface area contributed by atoms with Crippen LogP contribution in [0.1, 0.15) is 58.3 Å². The number of rotatable bonds is 9. The van der Waals surface area contributed by atoms with Crippen molar-refractivity contribution in [1.29, 1.82) is 0 Å². The number of hydrogen-bond donors (Lipinski definition) is 2. The molecule has 0 aromatic rings. The molecule has 20 heavy (non-hydrogen) atoms. The number of ketones is 1. The van der Waals surface area contributed by atoms with Gasteiger partial charge in [0.05, 0.1) is 0 Å². The predicted molar refractivity (Wildman–Crippen MR) is 81.5 cm³/mol. The molecule has 1 aliphatic carbocycles. The first kappa shape index (κ1) is 17.2. The van der Waals surface area contributed by atoms with E-state index in [1.165, 1.54) is 19.3 Å². The van der Waals surface area contributed by atoms with Crippen molar-refractivity contribution >= 4 is 11.7 Å². The van der Waals surface area contributed by atoms with Crippen LogP contribution >= 0.6 is 0 Å². The van der Waals surface area contributed by atoms with Crippen molar-refractivity contribution in [2.75, 3.05) is 20.1 Å². The monoisotopic (exact) mass is 282 g/mol. The van der Waals surface area contributed by atoms with Crippen LogP contribution in [0.25, 0.3) is 0 Å². The van der Waals surface area contributed by atoms with E-state index in [4.69, 9.17) is 0 Å². The molecule has 116 valence electrons. The third-order valence-corrected chi connectivity index (χ3v) is 4.33. The van der Waals surface area contributed by atoms with E-state index < -0.39 is 0 Å². The second kappa shape index (κ2) is 9.92. The molecule has 0 bridgehead atoms. The van der Waals surface area contributed by atoms with E-state index in [1.807, 2.05) is 7.05 Å². The zero-order valence-corrected chi connectivity index (χ0v) is 13.0. The lowest BCUT2D eigenvalue weighted by molar-refractivity contribution is -0.128. The molecule has 0 aromatic heterocycles. The molecule has 4 heteroatoms. The molecule has 4 nitrogen and oxygen atoms in total. The van der Waals surface area contributed by atoms with Gasteiger partial charge in [-0.1, -0.05) is 12.8 Å². The number of hydrogen-bond acceptors (Lipinski definition) is 3. The molecule has 0 atom stereocenters. The summed E-state index contributed by atoms with van der Waals surface area (Å²) in [5.41, 5.74) is 0. The van der Waals surface area contributed by atoms with Crippen LogP contribution in [0.3, 0.4) is 0 Å². The first-order chi connectivity index (χ1) is 9.65. The Morgan fingerprint density at radius 2 is 1.45 bits per heavy atom. The Morgan fingerprint density at radius 1 is 0.900 bits per heavy atom. The van der Waals surface area contributed by atoms with Crippen LogP contribution in [-0.4, -0.2) is 31.8 Å². The van der Waals surface area contributed by atoms with Gasteiger partial charge in [-0.15, -0.1) is 0 Å². The first-order valence-corrected chi connectivity index (χ1v) is 8.08. The molecule has 1 aliphatic rings. The normalized spacial score (nSPS) is 22.5. The highest BCUT2D eigenvalue weighted by Crippen LogP contribution is 2.29. The van der Waals surface area contributed by atoms with Gasteiger partial charge in [0, 0.05) is 18.4 Å². The van der Waals surface area contributed by atoms with Crippen molar-refractivity contribution in [1.82, 2.24) is 10.6 Å².